The molecule has 4 N–H and O–H groups in total. The highest BCUT2D eigenvalue weighted by molar-refractivity contribution is 6.04. The zero-order valence-electron chi connectivity index (χ0n) is 26.6. The minimum absolute atomic E-state index is 0. The summed E-state index contributed by atoms with van der Waals surface area (Å²) in [6.45, 7) is 3.87. The van der Waals surface area contributed by atoms with E-state index in [1.165, 1.54) is 0 Å². The van der Waals surface area contributed by atoms with Gasteiger partial charge in [0.05, 0.1) is 11.7 Å². The largest absolute Gasteiger partial charge is 0.482 e. The first-order valence-electron chi connectivity index (χ1n) is 16.2. The molecule has 1 fully saturated rings. The van der Waals surface area contributed by atoms with Gasteiger partial charge >= 0.3 is 0 Å². The van der Waals surface area contributed by atoms with Crippen molar-refractivity contribution in [3.8, 4) is 5.75 Å². The van der Waals surface area contributed by atoms with Crippen LogP contribution in [0.2, 0.25) is 0 Å². The predicted octanol–water partition coefficient (Wildman–Crippen LogP) is 5.46. The van der Waals surface area contributed by atoms with Crippen LogP contribution in [0.1, 0.15) is 88.9 Å². The molecule has 47 heavy (non-hydrogen) atoms. The van der Waals surface area contributed by atoms with Crippen molar-refractivity contribution >= 4 is 47.4 Å². The van der Waals surface area contributed by atoms with Gasteiger partial charge < -0.3 is 30.9 Å². The molecule has 3 aliphatic rings. The van der Waals surface area contributed by atoms with E-state index in [9.17, 15) is 19.2 Å². The number of benzene rings is 3. The standard InChI is InChI=1S/C36H41N5O5.ClH/c1-23(41(30-13-14-30)36(45)27-11-15-31-32(20-27)46-22-33(42)39-31)24-6-8-25(9-7-24)35(44)38-29-12-10-28-21-40(18-16-26(28)19-29)34(43)5-3-2-4-17-37;/h6-12,15,19-20,23,30H,2-5,13-14,16-18,21-22,37H2,1H3,(H,38,44)(H,39,42);1H/t23-;/m1./s1. The van der Waals surface area contributed by atoms with Crippen LogP contribution in [0.25, 0.3) is 0 Å². The summed E-state index contributed by atoms with van der Waals surface area (Å²) >= 11 is 0. The Kier molecular flexibility index (Phi) is 10.8. The van der Waals surface area contributed by atoms with E-state index in [2.05, 4.69) is 10.6 Å². The number of ether oxygens (including phenoxy) is 1. The number of anilines is 2. The maximum Gasteiger partial charge on any atom is 0.262 e. The fourth-order valence-corrected chi connectivity index (χ4v) is 6.24. The molecule has 0 radical (unpaired) electrons. The monoisotopic (exact) mass is 659 g/mol. The Hall–Kier alpha value is -4.41. The second-order valence-corrected chi connectivity index (χ2v) is 12.4. The van der Waals surface area contributed by atoms with E-state index < -0.39 is 0 Å². The van der Waals surface area contributed by atoms with Gasteiger partial charge in [-0.15, -0.1) is 12.4 Å². The van der Waals surface area contributed by atoms with Crippen molar-refractivity contribution in [2.45, 2.75) is 70.5 Å². The molecule has 2 aliphatic heterocycles. The number of hydrogen-bond donors (Lipinski definition) is 3. The Labute approximate surface area is 281 Å². The third kappa shape index (κ3) is 7.94. The van der Waals surface area contributed by atoms with E-state index in [0.717, 1.165) is 60.9 Å². The molecule has 0 spiro atoms. The minimum Gasteiger partial charge on any atom is -0.482 e. The lowest BCUT2D eigenvalue weighted by molar-refractivity contribution is -0.132. The maximum atomic E-state index is 13.7. The molecular weight excluding hydrogens is 618 g/mol. The summed E-state index contributed by atoms with van der Waals surface area (Å²) in [4.78, 5) is 54.9. The molecule has 6 rings (SSSR count). The van der Waals surface area contributed by atoms with Crippen molar-refractivity contribution in [1.29, 1.82) is 0 Å². The maximum absolute atomic E-state index is 13.7. The zero-order valence-corrected chi connectivity index (χ0v) is 27.4. The lowest BCUT2D eigenvalue weighted by atomic mass is 9.98. The molecule has 1 aliphatic carbocycles. The molecule has 1 saturated carbocycles. The van der Waals surface area contributed by atoms with Crippen LogP contribution in [0, 0.1) is 0 Å². The van der Waals surface area contributed by atoms with Crippen molar-refractivity contribution in [2.75, 3.05) is 30.3 Å². The summed E-state index contributed by atoms with van der Waals surface area (Å²) in [6.07, 6.45) is 6.00. The molecule has 3 aromatic carbocycles. The van der Waals surface area contributed by atoms with Gasteiger partial charge in [-0.25, -0.2) is 0 Å². The average molecular weight is 660 g/mol. The molecule has 0 saturated heterocycles. The molecule has 4 amide bonds. The van der Waals surface area contributed by atoms with Gasteiger partial charge in [0.1, 0.15) is 5.75 Å². The second-order valence-electron chi connectivity index (χ2n) is 12.4. The van der Waals surface area contributed by atoms with Gasteiger partial charge in [0.15, 0.2) is 6.61 Å². The minimum atomic E-state index is -0.217. The van der Waals surface area contributed by atoms with Crippen LogP contribution in [0.15, 0.2) is 60.7 Å². The van der Waals surface area contributed by atoms with Gasteiger partial charge in [0.2, 0.25) is 5.91 Å². The quantitative estimate of drug-likeness (QED) is 0.234. The van der Waals surface area contributed by atoms with Crippen LogP contribution in [0.4, 0.5) is 11.4 Å². The molecular formula is C36H42ClN5O5. The van der Waals surface area contributed by atoms with Crippen LogP contribution in [-0.4, -0.2) is 59.2 Å². The van der Waals surface area contributed by atoms with Crippen LogP contribution < -0.4 is 21.1 Å². The highest BCUT2D eigenvalue weighted by atomic mass is 35.5. The van der Waals surface area contributed by atoms with Crippen LogP contribution in [0.5, 0.6) is 5.75 Å². The molecule has 248 valence electrons. The number of carbonyl (C=O) groups excluding carboxylic acids is 4. The fourth-order valence-electron chi connectivity index (χ4n) is 6.24. The Morgan fingerprint density at radius 1 is 1.00 bits per heavy atom. The molecule has 2 heterocycles. The van der Waals surface area contributed by atoms with Crippen molar-refractivity contribution in [3.05, 3.63) is 88.5 Å². The number of hydrogen-bond acceptors (Lipinski definition) is 6. The molecule has 0 bridgehead atoms. The molecule has 10 nitrogen and oxygen atoms in total. The second kappa shape index (κ2) is 15.0. The smallest absolute Gasteiger partial charge is 0.262 e. The SMILES string of the molecule is C[C@H](c1ccc(C(=O)Nc2ccc3c(c2)CCN(C(=O)CCCCCN)C3)cc1)N(C(=O)c1ccc2c(c1)OCC(=O)N2)C1CC1.Cl. The number of carbonyl (C=O) groups is 4. The molecule has 1 atom stereocenters. The molecule has 0 unspecified atom stereocenters. The molecule has 0 aromatic heterocycles. The summed E-state index contributed by atoms with van der Waals surface area (Å²) in [6, 6.07) is 18.3. The third-order valence-electron chi connectivity index (χ3n) is 9.03. The number of rotatable bonds is 11. The summed E-state index contributed by atoms with van der Waals surface area (Å²) < 4.78 is 5.53. The highest BCUT2D eigenvalue weighted by Crippen LogP contribution is 2.37. The summed E-state index contributed by atoms with van der Waals surface area (Å²) in [7, 11) is 0. The van der Waals surface area contributed by atoms with E-state index in [-0.39, 0.29) is 54.7 Å². The zero-order chi connectivity index (χ0) is 32.2. The Morgan fingerprint density at radius 2 is 1.77 bits per heavy atom. The van der Waals surface area contributed by atoms with Crippen LogP contribution >= 0.6 is 12.4 Å². The number of nitrogens with two attached hydrogens (primary N) is 1. The normalized spacial score (nSPS) is 15.6. The van der Waals surface area contributed by atoms with E-state index in [0.29, 0.717) is 48.6 Å². The predicted molar refractivity (Wildman–Crippen MR) is 183 cm³/mol. The van der Waals surface area contributed by atoms with Crippen molar-refractivity contribution in [2.24, 2.45) is 5.73 Å². The number of nitrogens with one attached hydrogen (secondary N) is 2. The summed E-state index contributed by atoms with van der Waals surface area (Å²) in [5.41, 5.74) is 11.1. The fraction of sp³-hybridized carbons (Fsp3) is 0.389. The third-order valence-corrected chi connectivity index (χ3v) is 9.03. The topological polar surface area (TPSA) is 134 Å². The van der Waals surface area contributed by atoms with E-state index in [4.69, 9.17) is 10.5 Å². The lowest BCUT2D eigenvalue weighted by Crippen LogP contribution is -2.36. The van der Waals surface area contributed by atoms with Gasteiger partial charge in [-0.05, 0) is 105 Å². The first-order valence-corrected chi connectivity index (χ1v) is 16.2. The average Bonchev–Trinajstić information content (AvgIpc) is 3.91. The summed E-state index contributed by atoms with van der Waals surface area (Å²) in [5.74, 6) is 0.158. The van der Waals surface area contributed by atoms with Gasteiger partial charge in [-0.3, -0.25) is 19.2 Å². The number of unbranched alkanes of at least 4 members (excludes halogenated alkanes) is 2. The van der Waals surface area contributed by atoms with Gasteiger partial charge in [-0.2, -0.15) is 0 Å². The highest BCUT2D eigenvalue weighted by Gasteiger charge is 2.37. The van der Waals surface area contributed by atoms with E-state index in [1.54, 1.807) is 30.3 Å². The van der Waals surface area contributed by atoms with Crippen LogP contribution in [-0.2, 0) is 22.6 Å². The Bertz CT molecular complexity index is 1640. The van der Waals surface area contributed by atoms with Crippen molar-refractivity contribution in [1.82, 2.24) is 9.80 Å². The van der Waals surface area contributed by atoms with Crippen molar-refractivity contribution < 1.29 is 23.9 Å². The van der Waals surface area contributed by atoms with Gasteiger partial charge in [0, 0.05) is 42.4 Å². The van der Waals surface area contributed by atoms with Crippen molar-refractivity contribution in [3.63, 3.8) is 0 Å². The van der Waals surface area contributed by atoms with E-state index in [1.807, 2.05) is 47.1 Å². The van der Waals surface area contributed by atoms with Crippen LogP contribution in [0.3, 0.4) is 0 Å². The van der Waals surface area contributed by atoms with Gasteiger partial charge in [0.25, 0.3) is 17.7 Å². The molecule has 11 heteroatoms. The Morgan fingerprint density at radius 3 is 2.51 bits per heavy atom. The number of amides is 4. The van der Waals surface area contributed by atoms with E-state index >= 15 is 0 Å². The summed E-state index contributed by atoms with van der Waals surface area (Å²) in [5, 5.41) is 5.78. The number of nitrogens with zero attached hydrogens (tertiary/aromatic N) is 2. The number of halogens is 1. The first kappa shape index (κ1) is 33.9. The van der Waals surface area contributed by atoms with Gasteiger partial charge in [-0.1, -0.05) is 24.6 Å². The first-order chi connectivity index (χ1) is 22.3. The lowest BCUT2D eigenvalue weighted by Gasteiger charge is -2.30. The number of fused-ring (bicyclic) bond motifs is 2. The Balaban J connectivity index is 0.00000433. The molecule has 3 aromatic rings.